The van der Waals surface area contributed by atoms with Gasteiger partial charge in [0.1, 0.15) is 5.82 Å². The number of pyridine rings is 1. The summed E-state index contributed by atoms with van der Waals surface area (Å²) in [6.45, 7) is 8.62. The maximum atomic E-state index is 12.7. The quantitative estimate of drug-likeness (QED) is 0.830. The van der Waals surface area contributed by atoms with E-state index < -0.39 is 0 Å². The Balaban J connectivity index is 1.86. The molecule has 0 aliphatic carbocycles. The minimum absolute atomic E-state index is 0.0533. The monoisotopic (exact) mass is 272 g/mol. The van der Waals surface area contributed by atoms with E-state index in [1.807, 2.05) is 40.6 Å². The number of likely N-dealkylation sites (N-methyl/N-ethyl adjacent to an activating group) is 1. The molecule has 2 aromatic heterocycles. The van der Waals surface area contributed by atoms with Gasteiger partial charge in [0, 0.05) is 32.4 Å². The van der Waals surface area contributed by atoms with Crippen molar-refractivity contribution in [1.82, 2.24) is 19.2 Å². The zero-order valence-electron chi connectivity index (χ0n) is 12.0. The van der Waals surface area contributed by atoms with Crippen molar-refractivity contribution in [2.24, 2.45) is 0 Å². The summed E-state index contributed by atoms with van der Waals surface area (Å²) in [4.78, 5) is 21.4. The van der Waals surface area contributed by atoms with Crippen LogP contribution >= 0.6 is 0 Å². The number of aromatic nitrogens is 2. The Kier molecular flexibility index (Phi) is 3.44. The number of imidazole rings is 1. The molecule has 0 unspecified atom stereocenters. The number of hydrogen-bond donors (Lipinski definition) is 0. The van der Waals surface area contributed by atoms with Crippen LogP contribution in [0, 0.1) is 6.92 Å². The van der Waals surface area contributed by atoms with Gasteiger partial charge >= 0.3 is 0 Å². The molecule has 0 aromatic carbocycles. The fraction of sp³-hybridized carbons (Fsp3) is 0.467. The van der Waals surface area contributed by atoms with Gasteiger partial charge in [0.2, 0.25) is 0 Å². The molecule has 1 fully saturated rings. The predicted molar refractivity (Wildman–Crippen MR) is 77.9 cm³/mol. The van der Waals surface area contributed by atoms with Gasteiger partial charge in [-0.25, -0.2) is 4.98 Å². The van der Waals surface area contributed by atoms with Crippen molar-refractivity contribution >= 4 is 11.4 Å². The Hall–Kier alpha value is -1.88. The summed E-state index contributed by atoms with van der Waals surface area (Å²) in [7, 11) is 0. The maximum Gasteiger partial charge on any atom is 0.274 e. The summed E-state index contributed by atoms with van der Waals surface area (Å²) in [6, 6.07) is 5.85. The normalized spacial score (nSPS) is 16.8. The molecule has 0 spiro atoms. The van der Waals surface area contributed by atoms with Crippen molar-refractivity contribution in [3.63, 3.8) is 0 Å². The zero-order valence-corrected chi connectivity index (χ0v) is 12.0. The van der Waals surface area contributed by atoms with E-state index in [2.05, 4.69) is 16.8 Å². The lowest BCUT2D eigenvalue weighted by Gasteiger charge is -2.33. The molecular weight excluding hydrogens is 252 g/mol. The molecule has 0 atom stereocenters. The van der Waals surface area contributed by atoms with Crippen molar-refractivity contribution in [2.75, 3.05) is 32.7 Å². The van der Waals surface area contributed by atoms with Crippen molar-refractivity contribution < 1.29 is 4.79 Å². The Bertz CT molecular complexity index is 626. The lowest BCUT2D eigenvalue weighted by atomic mass is 10.2. The van der Waals surface area contributed by atoms with Crippen molar-refractivity contribution in [3.05, 3.63) is 35.9 Å². The van der Waals surface area contributed by atoms with Gasteiger partial charge in [0.25, 0.3) is 5.91 Å². The number of rotatable bonds is 2. The van der Waals surface area contributed by atoms with Crippen LogP contribution < -0.4 is 0 Å². The number of carbonyl (C=O) groups excluding carboxylic acids is 1. The van der Waals surface area contributed by atoms with Crippen LogP contribution in [0.15, 0.2) is 24.4 Å². The predicted octanol–water partition coefficient (Wildman–Crippen LogP) is 1.42. The lowest BCUT2D eigenvalue weighted by molar-refractivity contribution is 0.0640. The second-order valence-corrected chi connectivity index (χ2v) is 5.19. The highest BCUT2D eigenvalue weighted by Crippen LogP contribution is 2.15. The molecule has 1 amide bonds. The maximum absolute atomic E-state index is 12.7. The Labute approximate surface area is 118 Å². The molecule has 0 radical (unpaired) electrons. The molecule has 20 heavy (non-hydrogen) atoms. The van der Waals surface area contributed by atoms with Gasteiger partial charge in [0.15, 0.2) is 5.69 Å². The first kappa shape index (κ1) is 13.1. The van der Waals surface area contributed by atoms with Gasteiger partial charge in [-0.05, 0) is 25.6 Å². The van der Waals surface area contributed by atoms with Crippen molar-refractivity contribution in [2.45, 2.75) is 13.8 Å². The summed E-state index contributed by atoms with van der Waals surface area (Å²) in [6.07, 6.45) is 1.95. The van der Waals surface area contributed by atoms with E-state index in [-0.39, 0.29) is 5.91 Å². The second-order valence-electron chi connectivity index (χ2n) is 5.19. The van der Waals surface area contributed by atoms with Gasteiger partial charge in [0.05, 0.1) is 5.52 Å². The summed E-state index contributed by atoms with van der Waals surface area (Å²) >= 11 is 0. The number of fused-ring (bicyclic) bond motifs is 1. The molecule has 3 rings (SSSR count). The number of carbonyl (C=O) groups is 1. The van der Waals surface area contributed by atoms with Gasteiger partial charge in [-0.2, -0.15) is 0 Å². The number of aryl methyl sites for hydroxylation is 1. The van der Waals surface area contributed by atoms with Gasteiger partial charge < -0.3 is 14.2 Å². The van der Waals surface area contributed by atoms with Crippen LogP contribution in [0.1, 0.15) is 23.2 Å². The van der Waals surface area contributed by atoms with Crippen LogP contribution in [0.4, 0.5) is 0 Å². The van der Waals surface area contributed by atoms with E-state index >= 15 is 0 Å². The minimum Gasteiger partial charge on any atom is -0.335 e. The molecule has 1 aliphatic heterocycles. The Morgan fingerprint density at radius 3 is 2.70 bits per heavy atom. The van der Waals surface area contributed by atoms with E-state index in [1.165, 1.54) is 0 Å². The topological polar surface area (TPSA) is 40.8 Å². The van der Waals surface area contributed by atoms with Crippen LogP contribution in [0.25, 0.3) is 5.52 Å². The SMILES string of the molecule is CCN1CCN(C(=O)c2nc(C)n3ccccc23)CC1. The summed E-state index contributed by atoms with van der Waals surface area (Å²) in [5.74, 6) is 0.911. The Morgan fingerprint density at radius 2 is 2.00 bits per heavy atom. The van der Waals surface area contributed by atoms with E-state index in [0.717, 1.165) is 44.1 Å². The molecule has 0 saturated carbocycles. The van der Waals surface area contributed by atoms with Gasteiger partial charge in [-0.1, -0.05) is 13.0 Å². The molecule has 106 valence electrons. The lowest BCUT2D eigenvalue weighted by Crippen LogP contribution is -2.48. The van der Waals surface area contributed by atoms with E-state index in [1.54, 1.807) is 0 Å². The highest BCUT2D eigenvalue weighted by atomic mass is 16.2. The van der Waals surface area contributed by atoms with Crippen LogP contribution in [-0.4, -0.2) is 57.8 Å². The molecule has 5 nitrogen and oxygen atoms in total. The first-order valence-electron chi connectivity index (χ1n) is 7.16. The smallest absolute Gasteiger partial charge is 0.274 e. The highest BCUT2D eigenvalue weighted by molar-refractivity contribution is 5.99. The molecule has 1 saturated heterocycles. The largest absolute Gasteiger partial charge is 0.335 e. The first-order valence-corrected chi connectivity index (χ1v) is 7.16. The van der Waals surface area contributed by atoms with Crippen LogP contribution in [0.3, 0.4) is 0 Å². The van der Waals surface area contributed by atoms with E-state index in [0.29, 0.717) is 5.69 Å². The molecule has 0 N–H and O–H groups in total. The van der Waals surface area contributed by atoms with E-state index in [9.17, 15) is 4.79 Å². The van der Waals surface area contributed by atoms with E-state index in [4.69, 9.17) is 0 Å². The van der Waals surface area contributed by atoms with Crippen LogP contribution in [0.5, 0.6) is 0 Å². The number of piperazine rings is 1. The average molecular weight is 272 g/mol. The molecule has 2 aromatic rings. The number of nitrogens with zero attached hydrogens (tertiary/aromatic N) is 4. The highest BCUT2D eigenvalue weighted by Gasteiger charge is 2.24. The molecule has 0 bridgehead atoms. The summed E-state index contributed by atoms with van der Waals surface area (Å²) in [5, 5.41) is 0. The standard InChI is InChI=1S/C15H20N4O/c1-3-17-8-10-18(11-9-17)15(20)14-13-6-4-5-7-19(13)12(2)16-14/h4-7H,3,8-11H2,1-2H3. The van der Waals surface area contributed by atoms with Crippen LogP contribution in [-0.2, 0) is 0 Å². The zero-order chi connectivity index (χ0) is 14.1. The molecule has 5 heteroatoms. The minimum atomic E-state index is 0.0533. The average Bonchev–Trinajstić information content (AvgIpc) is 2.84. The van der Waals surface area contributed by atoms with Gasteiger partial charge in [-0.3, -0.25) is 4.79 Å². The molecule has 3 heterocycles. The Morgan fingerprint density at radius 1 is 1.25 bits per heavy atom. The second kappa shape index (κ2) is 5.25. The van der Waals surface area contributed by atoms with Crippen molar-refractivity contribution in [3.8, 4) is 0 Å². The number of hydrogen-bond acceptors (Lipinski definition) is 3. The number of amides is 1. The summed E-state index contributed by atoms with van der Waals surface area (Å²) < 4.78 is 1.97. The van der Waals surface area contributed by atoms with Gasteiger partial charge in [-0.15, -0.1) is 0 Å². The third kappa shape index (κ3) is 2.18. The third-order valence-electron chi connectivity index (χ3n) is 4.03. The molecule has 1 aliphatic rings. The van der Waals surface area contributed by atoms with Crippen LogP contribution in [0.2, 0.25) is 0 Å². The fourth-order valence-corrected chi connectivity index (χ4v) is 2.77. The summed E-state index contributed by atoms with van der Waals surface area (Å²) in [5.41, 5.74) is 1.47. The molecular formula is C15H20N4O. The first-order chi connectivity index (χ1) is 9.70. The fourth-order valence-electron chi connectivity index (χ4n) is 2.77. The third-order valence-corrected chi connectivity index (χ3v) is 4.03. The van der Waals surface area contributed by atoms with Crippen molar-refractivity contribution in [1.29, 1.82) is 0 Å².